The van der Waals surface area contributed by atoms with Gasteiger partial charge in [-0.2, -0.15) is 5.26 Å². The number of ether oxygens (including phenoxy) is 1. The number of nitriles is 1. The third kappa shape index (κ3) is 4.78. The Morgan fingerprint density at radius 3 is 2.60 bits per heavy atom. The topological polar surface area (TPSA) is 67.2 Å². The van der Waals surface area contributed by atoms with E-state index in [0.717, 1.165) is 0 Å². The van der Waals surface area contributed by atoms with E-state index in [0.29, 0.717) is 0 Å². The van der Waals surface area contributed by atoms with Crippen LogP contribution in [0.4, 0.5) is 0 Å². The molecule has 0 atom stereocenters. The van der Waals surface area contributed by atoms with Crippen molar-refractivity contribution in [3.05, 3.63) is 0 Å². The highest BCUT2D eigenvalue weighted by molar-refractivity contribution is 5.94. The van der Waals surface area contributed by atoms with Crippen molar-refractivity contribution in [1.29, 1.82) is 5.26 Å². The molecular weight excluding hydrogens is 134 g/mol. The van der Waals surface area contributed by atoms with Crippen LogP contribution < -0.4 is 0 Å². The van der Waals surface area contributed by atoms with Crippen LogP contribution in [0.2, 0.25) is 0 Å². The van der Waals surface area contributed by atoms with Crippen molar-refractivity contribution in [3.8, 4) is 6.07 Å². The molecule has 0 aromatic rings. The predicted octanol–water partition coefficient (Wildman–Crippen LogP) is 0.0323. The van der Waals surface area contributed by atoms with Crippen molar-refractivity contribution < 1.29 is 14.3 Å². The summed E-state index contributed by atoms with van der Waals surface area (Å²) in [7, 11) is 0. The Morgan fingerprint density at radius 1 is 1.60 bits per heavy atom. The van der Waals surface area contributed by atoms with Gasteiger partial charge >= 0.3 is 5.97 Å². The molecule has 0 aliphatic rings. The van der Waals surface area contributed by atoms with Gasteiger partial charge in [-0.15, -0.1) is 0 Å². The maximum atomic E-state index is 10.4. The van der Waals surface area contributed by atoms with E-state index in [2.05, 4.69) is 4.74 Å². The summed E-state index contributed by atoms with van der Waals surface area (Å²) in [5.74, 6) is -0.906. The number of rotatable bonds is 3. The van der Waals surface area contributed by atoms with Crippen LogP contribution in [0.15, 0.2) is 0 Å². The molecule has 10 heavy (non-hydrogen) atoms. The summed E-state index contributed by atoms with van der Waals surface area (Å²) < 4.78 is 4.28. The van der Waals surface area contributed by atoms with Crippen LogP contribution >= 0.6 is 0 Å². The normalized spacial score (nSPS) is 8.00. The Kier molecular flexibility index (Phi) is 3.89. The molecule has 0 aliphatic heterocycles. The maximum absolute atomic E-state index is 10.4. The quantitative estimate of drug-likeness (QED) is 0.411. The first-order valence-electron chi connectivity index (χ1n) is 2.69. The molecule has 0 rings (SSSR count). The number of carbonyl (C=O) groups excluding carboxylic acids is 2. The highest BCUT2D eigenvalue weighted by Crippen LogP contribution is 1.86. The van der Waals surface area contributed by atoms with E-state index < -0.39 is 5.97 Å². The molecule has 0 radical (unpaired) electrons. The number of carbonyl (C=O) groups is 2. The van der Waals surface area contributed by atoms with Gasteiger partial charge in [-0.25, -0.2) is 0 Å². The molecule has 0 aliphatic carbocycles. The smallest absolute Gasteiger partial charge is 0.314 e. The number of hydrogen-bond donors (Lipinski definition) is 0. The first-order valence-corrected chi connectivity index (χ1v) is 2.69. The molecule has 0 spiro atoms. The minimum Gasteiger partial charge on any atom is -0.450 e. The summed E-state index contributed by atoms with van der Waals surface area (Å²) >= 11 is 0. The molecule has 4 heteroatoms. The number of nitrogens with zero attached hydrogens (tertiary/aromatic N) is 1. The molecule has 0 saturated carbocycles. The molecule has 4 nitrogen and oxygen atoms in total. The van der Waals surface area contributed by atoms with E-state index in [1.165, 1.54) is 6.92 Å². The number of Topliss-reactive ketones (excluding diaryl/α,β-unsaturated/α-hetero) is 1. The summed E-state index contributed by atoms with van der Waals surface area (Å²) in [6.07, 6.45) is -0.248. The largest absolute Gasteiger partial charge is 0.450 e. The van der Waals surface area contributed by atoms with Crippen LogP contribution in [-0.4, -0.2) is 18.4 Å². The van der Waals surface area contributed by atoms with Crippen molar-refractivity contribution in [1.82, 2.24) is 0 Å². The minimum absolute atomic E-state index is 0.248. The van der Waals surface area contributed by atoms with Crippen LogP contribution in [0.3, 0.4) is 0 Å². The van der Waals surface area contributed by atoms with Crippen molar-refractivity contribution in [3.63, 3.8) is 0 Å². The molecule has 0 N–H and O–H groups in total. The van der Waals surface area contributed by atoms with Crippen LogP contribution in [0.1, 0.15) is 13.3 Å². The second-order valence-corrected chi connectivity index (χ2v) is 1.70. The Labute approximate surface area is 58.4 Å². The van der Waals surface area contributed by atoms with Crippen molar-refractivity contribution in [2.75, 3.05) is 6.61 Å². The first-order chi connectivity index (χ1) is 4.66. The van der Waals surface area contributed by atoms with Gasteiger partial charge < -0.3 is 4.74 Å². The number of esters is 1. The SMILES string of the molecule is CC(=O)CC(=O)OCC#N. The average molecular weight is 141 g/mol. The maximum Gasteiger partial charge on any atom is 0.314 e. The van der Waals surface area contributed by atoms with Crippen LogP contribution in [0.25, 0.3) is 0 Å². The van der Waals surface area contributed by atoms with Gasteiger partial charge in [-0.05, 0) is 6.92 Å². The predicted molar refractivity (Wildman–Crippen MR) is 31.9 cm³/mol. The van der Waals surface area contributed by atoms with Crippen LogP contribution in [-0.2, 0) is 14.3 Å². The fourth-order valence-corrected chi connectivity index (χ4v) is 0.367. The minimum atomic E-state index is -0.644. The third-order valence-corrected chi connectivity index (χ3v) is 0.691. The summed E-state index contributed by atoms with van der Waals surface area (Å²) in [5, 5.41) is 7.94. The number of ketones is 1. The molecule has 0 heterocycles. The van der Waals surface area contributed by atoms with Crippen LogP contribution in [0, 0.1) is 11.3 Å². The Morgan fingerprint density at radius 2 is 2.20 bits per heavy atom. The Bertz CT molecular complexity index is 180. The zero-order valence-electron chi connectivity index (χ0n) is 5.59. The fraction of sp³-hybridized carbons (Fsp3) is 0.500. The highest BCUT2D eigenvalue weighted by atomic mass is 16.5. The molecule has 0 aromatic carbocycles. The monoisotopic (exact) mass is 141 g/mol. The van der Waals surface area contributed by atoms with Crippen molar-refractivity contribution in [2.45, 2.75) is 13.3 Å². The van der Waals surface area contributed by atoms with Gasteiger partial charge in [0, 0.05) is 0 Å². The fourth-order valence-electron chi connectivity index (χ4n) is 0.367. The molecular formula is C6H7NO3. The Balaban J connectivity index is 3.47. The van der Waals surface area contributed by atoms with Crippen LogP contribution in [0.5, 0.6) is 0 Å². The second-order valence-electron chi connectivity index (χ2n) is 1.70. The molecule has 54 valence electrons. The molecule has 0 saturated heterocycles. The zero-order valence-corrected chi connectivity index (χ0v) is 5.59. The first kappa shape index (κ1) is 8.63. The molecule has 0 aromatic heterocycles. The molecule has 0 unspecified atom stereocenters. The van der Waals surface area contributed by atoms with E-state index in [1.54, 1.807) is 6.07 Å². The summed E-state index contributed by atoms with van der Waals surface area (Å²) in [4.78, 5) is 20.7. The van der Waals surface area contributed by atoms with E-state index in [-0.39, 0.29) is 18.8 Å². The van der Waals surface area contributed by atoms with E-state index >= 15 is 0 Å². The van der Waals surface area contributed by atoms with Gasteiger partial charge in [0.1, 0.15) is 18.3 Å². The Hall–Kier alpha value is -1.37. The summed E-state index contributed by atoms with van der Waals surface area (Å²) in [6.45, 7) is 1.000. The lowest BCUT2D eigenvalue weighted by atomic mass is 10.3. The van der Waals surface area contributed by atoms with Crippen molar-refractivity contribution in [2.24, 2.45) is 0 Å². The van der Waals surface area contributed by atoms with E-state index in [1.807, 2.05) is 0 Å². The highest BCUT2D eigenvalue weighted by Gasteiger charge is 2.04. The molecule has 0 amide bonds. The number of hydrogen-bond acceptors (Lipinski definition) is 4. The van der Waals surface area contributed by atoms with E-state index in [4.69, 9.17) is 5.26 Å². The third-order valence-electron chi connectivity index (χ3n) is 0.691. The van der Waals surface area contributed by atoms with Gasteiger partial charge in [0.15, 0.2) is 6.61 Å². The summed E-state index contributed by atoms with van der Waals surface area (Å²) in [5.41, 5.74) is 0. The van der Waals surface area contributed by atoms with Crippen molar-refractivity contribution >= 4 is 11.8 Å². The lowest BCUT2D eigenvalue weighted by molar-refractivity contribution is -0.144. The molecule has 0 bridgehead atoms. The van der Waals surface area contributed by atoms with Gasteiger partial charge in [0.05, 0.1) is 0 Å². The van der Waals surface area contributed by atoms with Gasteiger partial charge in [0.2, 0.25) is 0 Å². The van der Waals surface area contributed by atoms with E-state index in [9.17, 15) is 9.59 Å². The summed E-state index contributed by atoms with van der Waals surface area (Å²) in [6, 6.07) is 1.62. The van der Waals surface area contributed by atoms with Gasteiger partial charge in [0.25, 0.3) is 0 Å². The second kappa shape index (κ2) is 4.50. The lowest BCUT2D eigenvalue weighted by Gasteiger charge is -1.94. The lowest BCUT2D eigenvalue weighted by Crippen LogP contribution is -2.08. The zero-order chi connectivity index (χ0) is 7.98. The van der Waals surface area contributed by atoms with Gasteiger partial charge in [-0.3, -0.25) is 9.59 Å². The molecule has 0 fully saturated rings. The standard InChI is InChI=1S/C6H7NO3/c1-5(8)4-6(9)10-3-2-7/h3-4H2,1H3. The van der Waals surface area contributed by atoms with Gasteiger partial charge in [-0.1, -0.05) is 0 Å². The average Bonchev–Trinajstić information content (AvgIpc) is 1.82.